The van der Waals surface area contributed by atoms with Gasteiger partial charge in [0.15, 0.2) is 11.5 Å². The number of benzene rings is 1. The number of hydrogen-bond acceptors (Lipinski definition) is 6. The fraction of sp³-hybridized carbons (Fsp3) is 0.588. The molecule has 0 bridgehead atoms. The number of methoxy groups -OCH3 is 2. The van der Waals surface area contributed by atoms with Gasteiger partial charge in [0.2, 0.25) is 0 Å². The van der Waals surface area contributed by atoms with E-state index in [0.29, 0.717) is 44.2 Å². The van der Waals surface area contributed by atoms with Crippen molar-refractivity contribution in [2.45, 2.75) is 18.6 Å². The molecule has 25 heavy (non-hydrogen) atoms. The fourth-order valence-corrected chi connectivity index (χ4v) is 2.63. The summed E-state index contributed by atoms with van der Waals surface area (Å²) in [6.45, 7) is 1.83. The zero-order chi connectivity index (χ0) is 18.1. The first-order valence-corrected chi connectivity index (χ1v) is 8.17. The predicted octanol–water partition coefficient (Wildman–Crippen LogP) is 0.671. The van der Waals surface area contributed by atoms with Crippen LogP contribution in [0.15, 0.2) is 18.2 Å². The van der Waals surface area contributed by atoms with E-state index in [2.05, 4.69) is 10.6 Å². The molecule has 1 unspecified atom stereocenters. The van der Waals surface area contributed by atoms with E-state index in [4.69, 9.17) is 24.1 Å². The molecule has 0 spiro atoms. The third kappa shape index (κ3) is 5.48. The first-order chi connectivity index (χ1) is 12.1. The van der Waals surface area contributed by atoms with Gasteiger partial charge < -0.3 is 34.7 Å². The van der Waals surface area contributed by atoms with Crippen LogP contribution in [0.5, 0.6) is 11.5 Å². The van der Waals surface area contributed by atoms with Crippen LogP contribution in [0.25, 0.3) is 0 Å². The molecule has 0 aromatic heterocycles. The number of rotatable bonds is 9. The predicted molar refractivity (Wildman–Crippen MR) is 91.0 cm³/mol. The van der Waals surface area contributed by atoms with Gasteiger partial charge in [0.1, 0.15) is 5.60 Å². The standard InChI is InChI=1S/C17H26N2O6/c1-22-14-4-3-13(9-15(14)23-2)10-18-16(21)19-11-17(25-8-6-20)5-7-24-12-17/h3-4,9,20H,5-8,10-12H2,1-2H3,(H2,18,19,21). The molecule has 1 aromatic carbocycles. The molecule has 1 aliphatic rings. The summed E-state index contributed by atoms with van der Waals surface area (Å²) in [6, 6.07) is 5.17. The number of aliphatic hydroxyl groups is 1. The van der Waals surface area contributed by atoms with Crippen LogP contribution in [-0.4, -0.2) is 63.9 Å². The van der Waals surface area contributed by atoms with Crippen molar-refractivity contribution in [2.75, 3.05) is 47.2 Å². The Bertz CT molecular complexity index is 560. The Hall–Kier alpha value is -2.03. The first kappa shape index (κ1) is 19.3. The minimum absolute atomic E-state index is 0.0623. The number of nitrogens with one attached hydrogen (secondary N) is 2. The Balaban J connectivity index is 1.82. The molecule has 0 aliphatic carbocycles. The zero-order valence-electron chi connectivity index (χ0n) is 14.7. The topological polar surface area (TPSA) is 98.3 Å². The largest absolute Gasteiger partial charge is 0.493 e. The molecule has 1 saturated heterocycles. The number of carbonyl (C=O) groups excluding carboxylic acids is 1. The third-order valence-corrected chi connectivity index (χ3v) is 4.04. The van der Waals surface area contributed by atoms with Gasteiger partial charge in [0.25, 0.3) is 0 Å². The molecule has 2 amide bonds. The molecular formula is C17H26N2O6. The first-order valence-electron chi connectivity index (χ1n) is 8.17. The van der Waals surface area contributed by atoms with Crippen LogP contribution in [-0.2, 0) is 16.0 Å². The van der Waals surface area contributed by atoms with Gasteiger partial charge in [0.05, 0.1) is 40.6 Å². The van der Waals surface area contributed by atoms with Gasteiger partial charge in [-0.3, -0.25) is 0 Å². The van der Waals surface area contributed by atoms with Crippen LogP contribution in [0.2, 0.25) is 0 Å². The van der Waals surface area contributed by atoms with E-state index in [1.807, 2.05) is 12.1 Å². The van der Waals surface area contributed by atoms with Gasteiger partial charge in [0, 0.05) is 19.6 Å². The molecule has 2 rings (SSSR count). The maximum Gasteiger partial charge on any atom is 0.315 e. The summed E-state index contributed by atoms with van der Waals surface area (Å²) in [4.78, 5) is 12.0. The molecule has 1 heterocycles. The Morgan fingerprint density at radius 3 is 2.72 bits per heavy atom. The average Bonchev–Trinajstić information content (AvgIpc) is 3.12. The molecule has 1 fully saturated rings. The van der Waals surface area contributed by atoms with Crippen molar-refractivity contribution >= 4 is 6.03 Å². The van der Waals surface area contributed by atoms with Crippen LogP contribution >= 0.6 is 0 Å². The minimum atomic E-state index is -0.566. The molecule has 8 heteroatoms. The number of aliphatic hydroxyl groups excluding tert-OH is 1. The summed E-state index contributed by atoms with van der Waals surface area (Å²) < 4.78 is 21.5. The van der Waals surface area contributed by atoms with E-state index in [-0.39, 0.29) is 19.2 Å². The SMILES string of the molecule is COc1ccc(CNC(=O)NCC2(OCCO)CCOC2)cc1OC. The highest BCUT2D eigenvalue weighted by atomic mass is 16.6. The van der Waals surface area contributed by atoms with Gasteiger partial charge >= 0.3 is 6.03 Å². The lowest BCUT2D eigenvalue weighted by molar-refractivity contribution is -0.0578. The molecular weight excluding hydrogens is 328 g/mol. The van der Waals surface area contributed by atoms with Gasteiger partial charge in [-0.2, -0.15) is 0 Å². The van der Waals surface area contributed by atoms with E-state index in [1.165, 1.54) is 0 Å². The highest BCUT2D eigenvalue weighted by Crippen LogP contribution is 2.27. The zero-order valence-corrected chi connectivity index (χ0v) is 14.7. The van der Waals surface area contributed by atoms with E-state index >= 15 is 0 Å². The number of carbonyl (C=O) groups is 1. The van der Waals surface area contributed by atoms with Crippen LogP contribution < -0.4 is 20.1 Å². The quantitative estimate of drug-likeness (QED) is 0.603. The number of hydrogen-bond donors (Lipinski definition) is 3. The van der Waals surface area contributed by atoms with Crippen molar-refractivity contribution in [1.29, 1.82) is 0 Å². The van der Waals surface area contributed by atoms with E-state index in [0.717, 1.165) is 5.56 Å². The second-order valence-corrected chi connectivity index (χ2v) is 5.78. The summed E-state index contributed by atoms with van der Waals surface area (Å²) in [6.07, 6.45) is 0.683. The van der Waals surface area contributed by atoms with Crippen molar-refractivity contribution in [1.82, 2.24) is 10.6 Å². The maximum absolute atomic E-state index is 12.0. The molecule has 1 aliphatic heterocycles. The smallest absolute Gasteiger partial charge is 0.315 e. The second-order valence-electron chi connectivity index (χ2n) is 5.78. The van der Waals surface area contributed by atoms with Gasteiger partial charge in [-0.1, -0.05) is 6.07 Å². The second kappa shape index (κ2) is 9.45. The van der Waals surface area contributed by atoms with Crippen molar-refractivity contribution in [3.63, 3.8) is 0 Å². The van der Waals surface area contributed by atoms with Crippen LogP contribution in [0.4, 0.5) is 4.79 Å². The third-order valence-electron chi connectivity index (χ3n) is 4.04. The number of amides is 2. The summed E-state index contributed by atoms with van der Waals surface area (Å²) >= 11 is 0. The normalized spacial score (nSPS) is 19.5. The lowest BCUT2D eigenvalue weighted by Crippen LogP contribution is -2.48. The molecule has 140 valence electrons. The molecule has 1 atom stereocenters. The molecule has 3 N–H and O–H groups in total. The van der Waals surface area contributed by atoms with E-state index in [1.54, 1.807) is 20.3 Å². The molecule has 0 saturated carbocycles. The van der Waals surface area contributed by atoms with Crippen LogP contribution in [0, 0.1) is 0 Å². The van der Waals surface area contributed by atoms with Crippen LogP contribution in [0.3, 0.4) is 0 Å². The van der Waals surface area contributed by atoms with Crippen LogP contribution in [0.1, 0.15) is 12.0 Å². The van der Waals surface area contributed by atoms with Crippen molar-refractivity contribution in [2.24, 2.45) is 0 Å². The Labute approximate surface area is 147 Å². The Morgan fingerprint density at radius 1 is 1.28 bits per heavy atom. The number of urea groups is 1. The number of ether oxygens (including phenoxy) is 4. The lowest BCUT2D eigenvalue weighted by atomic mass is 10.0. The van der Waals surface area contributed by atoms with Crippen molar-refractivity contribution in [3.8, 4) is 11.5 Å². The fourth-order valence-electron chi connectivity index (χ4n) is 2.63. The molecule has 8 nitrogen and oxygen atoms in total. The molecule has 0 radical (unpaired) electrons. The van der Waals surface area contributed by atoms with Gasteiger partial charge in [-0.05, 0) is 17.7 Å². The van der Waals surface area contributed by atoms with Gasteiger partial charge in [-0.15, -0.1) is 0 Å². The lowest BCUT2D eigenvalue weighted by Gasteiger charge is -2.27. The van der Waals surface area contributed by atoms with Crippen molar-refractivity contribution < 1.29 is 28.8 Å². The summed E-state index contributed by atoms with van der Waals surface area (Å²) in [5.74, 6) is 1.25. The minimum Gasteiger partial charge on any atom is -0.493 e. The monoisotopic (exact) mass is 354 g/mol. The highest BCUT2D eigenvalue weighted by Gasteiger charge is 2.36. The Morgan fingerprint density at radius 2 is 2.08 bits per heavy atom. The highest BCUT2D eigenvalue weighted by molar-refractivity contribution is 5.74. The van der Waals surface area contributed by atoms with Gasteiger partial charge in [-0.25, -0.2) is 4.79 Å². The van der Waals surface area contributed by atoms with E-state index < -0.39 is 5.60 Å². The molecule has 1 aromatic rings. The Kier molecular flexibility index (Phi) is 7.30. The maximum atomic E-state index is 12.0. The summed E-state index contributed by atoms with van der Waals surface area (Å²) in [5, 5.41) is 14.5. The summed E-state index contributed by atoms with van der Waals surface area (Å²) in [5.41, 5.74) is 0.326. The summed E-state index contributed by atoms with van der Waals surface area (Å²) in [7, 11) is 3.14. The van der Waals surface area contributed by atoms with E-state index in [9.17, 15) is 4.79 Å². The van der Waals surface area contributed by atoms with Crippen molar-refractivity contribution in [3.05, 3.63) is 23.8 Å². The average molecular weight is 354 g/mol.